The van der Waals surface area contributed by atoms with Gasteiger partial charge in [-0.25, -0.2) is 4.98 Å². The van der Waals surface area contributed by atoms with E-state index < -0.39 is 0 Å². The molecule has 4 N–H and O–H groups in total. The van der Waals surface area contributed by atoms with Crippen LogP contribution in [-0.4, -0.2) is 37.3 Å². The van der Waals surface area contributed by atoms with Crippen molar-refractivity contribution in [2.45, 2.75) is 6.04 Å². The molecule has 5 nitrogen and oxygen atoms in total. The van der Waals surface area contributed by atoms with Crippen molar-refractivity contribution >= 4 is 11.5 Å². The third-order valence-electron chi connectivity index (χ3n) is 2.34. The fourth-order valence-electron chi connectivity index (χ4n) is 1.50. The molecule has 1 saturated heterocycles. The standard InChI is InChI=1S/C10H16N4O/c11-10-2-1-8(5-14-10)13-6-9-7-15-4-3-12-9/h1-2,5,9,12-13H,3-4,6-7H2,(H2,11,14). The summed E-state index contributed by atoms with van der Waals surface area (Å²) in [5.41, 5.74) is 6.48. The van der Waals surface area contributed by atoms with Crippen LogP contribution in [0.2, 0.25) is 0 Å². The van der Waals surface area contributed by atoms with Gasteiger partial charge in [0.05, 0.1) is 25.1 Å². The first-order chi connectivity index (χ1) is 7.34. The Morgan fingerprint density at radius 3 is 3.20 bits per heavy atom. The molecule has 0 aromatic carbocycles. The number of aromatic nitrogens is 1. The van der Waals surface area contributed by atoms with Crippen molar-refractivity contribution in [3.05, 3.63) is 18.3 Å². The maximum atomic E-state index is 5.49. The number of anilines is 2. The molecular formula is C10H16N4O. The Hall–Kier alpha value is -1.33. The lowest BCUT2D eigenvalue weighted by Gasteiger charge is -2.24. The van der Waals surface area contributed by atoms with Gasteiger partial charge in [0.1, 0.15) is 5.82 Å². The highest BCUT2D eigenvalue weighted by Crippen LogP contribution is 2.07. The molecule has 0 saturated carbocycles. The summed E-state index contributed by atoms with van der Waals surface area (Å²) in [4.78, 5) is 4.01. The van der Waals surface area contributed by atoms with Crippen molar-refractivity contribution < 1.29 is 4.74 Å². The van der Waals surface area contributed by atoms with Crippen molar-refractivity contribution in [2.75, 3.05) is 37.4 Å². The maximum Gasteiger partial charge on any atom is 0.123 e. The number of hydrogen-bond donors (Lipinski definition) is 3. The Morgan fingerprint density at radius 2 is 2.53 bits per heavy atom. The summed E-state index contributed by atoms with van der Waals surface area (Å²) in [6.45, 7) is 3.33. The second-order valence-electron chi connectivity index (χ2n) is 3.58. The number of nitrogens with one attached hydrogen (secondary N) is 2. The van der Waals surface area contributed by atoms with E-state index in [1.54, 1.807) is 12.3 Å². The van der Waals surface area contributed by atoms with Gasteiger partial charge in [0.15, 0.2) is 0 Å². The monoisotopic (exact) mass is 208 g/mol. The average molecular weight is 208 g/mol. The highest BCUT2D eigenvalue weighted by atomic mass is 16.5. The van der Waals surface area contributed by atoms with Gasteiger partial charge < -0.3 is 21.1 Å². The van der Waals surface area contributed by atoms with E-state index in [2.05, 4.69) is 15.6 Å². The third kappa shape index (κ3) is 3.07. The molecule has 0 bridgehead atoms. The van der Waals surface area contributed by atoms with E-state index in [9.17, 15) is 0 Å². The zero-order valence-electron chi connectivity index (χ0n) is 8.57. The van der Waals surface area contributed by atoms with E-state index in [4.69, 9.17) is 10.5 Å². The molecule has 1 atom stereocenters. The second kappa shape index (κ2) is 4.95. The number of rotatable bonds is 3. The van der Waals surface area contributed by atoms with Gasteiger partial charge in [0.2, 0.25) is 0 Å². The van der Waals surface area contributed by atoms with Crippen LogP contribution in [-0.2, 0) is 4.74 Å². The molecule has 82 valence electrons. The number of ether oxygens (including phenoxy) is 1. The van der Waals surface area contributed by atoms with Gasteiger partial charge in [0.25, 0.3) is 0 Å². The Balaban J connectivity index is 1.79. The second-order valence-corrected chi connectivity index (χ2v) is 3.58. The molecule has 1 aromatic rings. The number of nitrogen functional groups attached to an aromatic ring is 1. The molecule has 5 heteroatoms. The fraction of sp³-hybridized carbons (Fsp3) is 0.500. The van der Waals surface area contributed by atoms with Crippen molar-refractivity contribution in [1.29, 1.82) is 0 Å². The van der Waals surface area contributed by atoms with E-state index >= 15 is 0 Å². The molecule has 1 unspecified atom stereocenters. The van der Waals surface area contributed by atoms with Crippen LogP contribution in [0.25, 0.3) is 0 Å². The zero-order valence-corrected chi connectivity index (χ0v) is 8.57. The minimum atomic E-state index is 0.372. The third-order valence-corrected chi connectivity index (χ3v) is 2.34. The van der Waals surface area contributed by atoms with Gasteiger partial charge in [0, 0.05) is 19.1 Å². The first-order valence-corrected chi connectivity index (χ1v) is 5.11. The van der Waals surface area contributed by atoms with E-state index in [-0.39, 0.29) is 0 Å². The Labute approximate surface area is 89.0 Å². The Kier molecular flexibility index (Phi) is 3.37. The molecule has 0 amide bonds. The predicted octanol–water partition coefficient (Wildman–Crippen LogP) is 0.0641. The molecule has 1 aliphatic rings. The SMILES string of the molecule is Nc1ccc(NCC2COCCN2)cn1. The van der Waals surface area contributed by atoms with Crippen LogP contribution in [0.5, 0.6) is 0 Å². The lowest BCUT2D eigenvalue weighted by atomic mass is 10.2. The Bertz CT molecular complexity index is 295. The van der Waals surface area contributed by atoms with Gasteiger partial charge in [-0.1, -0.05) is 0 Å². The first-order valence-electron chi connectivity index (χ1n) is 5.11. The van der Waals surface area contributed by atoms with E-state index in [1.807, 2.05) is 6.07 Å². The molecule has 15 heavy (non-hydrogen) atoms. The van der Waals surface area contributed by atoms with E-state index in [1.165, 1.54) is 0 Å². The molecule has 0 radical (unpaired) electrons. The molecule has 0 aliphatic carbocycles. The van der Waals surface area contributed by atoms with Crippen LogP contribution in [0, 0.1) is 0 Å². The Morgan fingerprint density at radius 1 is 1.60 bits per heavy atom. The number of nitrogens with two attached hydrogens (primary N) is 1. The van der Waals surface area contributed by atoms with Gasteiger partial charge >= 0.3 is 0 Å². The molecule has 0 spiro atoms. The molecule has 2 heterocycles. The minimum Gasteiger partial charge on any atom is -0.384 e. The van der Waals surface area contributed by atoms with Crippen molar-refractivity contribution in [2.24, 2.45) is 0 Å². The lowest BCUT2D eigenvalue weighted by molar-refractivity contribution is 0.0806. The van der Waals surface area contributed by atoms with Gasteiger partial charge in [-0.3, -0.25) is 0 Å². The topological polar surface area (TPSA) is 72.2 Å². The largest absolute Gasteiger partial charge is 0.384 e. The number of nitrogens with zero attached hydrogens (tertiary/aromatic N) is 1. The van der Waals surface area contributed by atoms with Crippen LogP contribution in [0.15, 0.2) is 18.3 Å². The van der Waals surface area contributed by atoms with Gasteiger partial charge in [-0.05, 0) is 12.1 Å². The van der Waals surface area contributed by atoms with Crippen LogP contribution in [0.1, 0.15) is 0 Å². The van der Waals surface area contributed by atoms with Gasteiger partial charge in [-0.2, -0.15) is 0 Å². The molecular weight excluding hydrogens is 192 g/mol. The van der Waals surface area contributed by atoms with Crippen LogP contribution in [0.3, 0.4) is 0 Å². The summed E-state index contributed by atoms with van der Waals surface area (Å²) < 4.78 is 5.35. The smallest absolute Gasteiger partial charge is 0.123 e. The fourth-order valence-corrected chi connectivity index (χ4v) is 1.50. The number of hydrogen-bond acceptors (Lipinski definition) is 5. The number of pyridine rings is 1. The van der Waals surface area contributed by atoms with Crippen molar-refractivity contribution in [3.8, 4) is 0 Å². The zero-order chi connectivity index (χ0) is 10.5. The molecule has 1 fully saturated rings. The van der Waals surface area contributed by atoms with Crippen molar-refractivity contribution in [3.63, 3.8) is 0 Å². The maximum absolute atomic E-state index is 5.49. The van der Waals surface area contributed by atoms with Crippen LogP contribution < -0.4 is 16.4 Å². The van der Waals surface area contributed by atoms with E-state index in [0.717, 1.165) is 32.0 Å². The summed E-state index contributed by atoms with van der Waals surface area (Å²) in [6.07, 6.45) is 1.74. The summed E-state index contributed by atoms with van der Waals surface area (Å²) in [6, 6.07) is 4.08. The number of morpholine rings is 1. The summed E-state index contributed by atoms with van der Waals surface area (Å²) in [7, 11) is 0. The summed E-state index contributed by atoms with van der Waals surface area (Å²) in [5.74, 6) is 0.541. The summed E-state index contributed by atoms with van der Waals surface area (Å²) in [5, 5.41) is 6.65. The highest BCUT2D eigenvalue weighted by Gasteiger charge is 2.11. The van der Waals surface area contributed by atoms with Crippen LogP contribution in [0.4, 0.5) is 11.5 Å². The highest BCUT2D eigenvalue weighted by molar-refractivity contribution is 5.45. The van der Waals surface area contributed by atoms with Crippen molar-refractivity contribution in [1.82, 2.24) is 10.3 Å². The average Bonchev–Trinajstić information content (AvgIpc) is 2.30. The van der Waals surface area contributed by atoms with E-state index in [0.29, 0.717) is 11.9 Å². The lowest BCUT2D eigenvalue weighted by Crippen LogP contribution is -2.45. The predicted molar refractivity (Wildman–Crippen MR) is 59.7 cm³/mol. The normalized spacial score (nSPS) is 21.2. The van der Waals surface area contributed by atoms with Crippen LogP contribution >= 0.6 is 0 Å². The van der Waals surface area contributed by atoms with Gasteiger partial charge in [-0.15, -0.1) is 0 Å². The molecule has 1 aliphatic heterocycles. The first kappa shape index (κ1) is 10.2. The summed E-state index contributed by atoms with van der Waals surface area (Å²) >= 11 is 0. The molecule has 1 aromatic heterocycles. The molecule has 2 rings (SSSR count). The minimum absolute atomic E-state index is 0.372. The quantitative estimate of drug-likeness (QED) is 0.655.